The average Bonchev–Trinajstić information content (AvgIpc) is 2.89. The summed E-state index contributed by atoms with van der Waals surface area (Å²) in [6.45, 7) is 3.29. The van der Waals surface area contributed by atoms with Crippen LogP contribution >= 0.6 is 15.9 Å². The number of carbonyl (C=O) groups is 1. The molecule has 2 N–H and O–H groups in total. The van der Waals surface area contributed by atoms with Gasteiger partial charge >= 0.3 is 6.09 Å². The number of hydrogen-bond donors (Lipinski definition) is 2. The highest BCUT2D eigenvalue weighted by Crippen LogP contribution is 2.31. The number of nitrogens with one attached hydrogen (secondary N) is 1. The molecule has 2 aromatic heterocycles. The zero-order valence-corrected chi connectivity index (χ0v) is 14.5. The molecule has 0 spiro atoms. The smallest absolute Gasteiger partial charge is 0.405 e. The minimum Gasteiger partial charge on any atom is -0.465 e. The van der Waals surface area contributed by atoms with Crippen molar-refractivity contribution in [2.75, 3.05) is 0 Å². The zero-order valence-electron chi connectivity index (χ0n) is 12.9. The maximum Gasteiger partial charge on any atom is 0.405 e. The van der Waals surface area contributed by atoms with Crippen LogP contribution in [0.2, 0.25) is 0 Å². The second kappa shape index (κ2) is 6.20. The number of benzene rings is 1. The van der Waals surface area contributed by atoms with Crippen molar-refractivity contribution in [3.63, 3.8) is 0 Å². The fourth-order valence-electron chi connectivity index (χ4n) is 2.72. The molecule has 3 rings (SSSR count). The number of carboxylic acid groups (broad SMARTS) is 1. The first-order chi connectivity index (χ1) is 11.4. The number of aromatic nitrogens is 3. The highest BCUT2D eigenvalue weighted by Gasteiger charge is 2.19. The van der Waals surface area contributed by atoms with Gasteiger partial charge in [0.1, 0.15) is 17.8 Å². The Balaban J connectivity index is 2.12. The Labute approximate surface area is 145 Å². The Kier molecular flexibility index (Phi) is 4.23. The average molecular weight is 393 g/mol. The summed E-state index contributed by atoms with van der Waals surface area (Å²) >= 11 is 3.37. The molecule has 0 aliphatic heterocycles. The highest BCUT2D eigenvalue weighted by molar-refractivity contribution is 9.10. The van der Waals surface area contributed by atoms with Crippen LogP contribution in [-0.2, 0) is 0 Å². The van der Waals surface area contributed by atoms with E-state index in [0.29, 0.717) is 27.9 Å². The summed E-state index contributed by atoms with van der Waals surface area (Å²) in [4.78, 5) is 15.0. The lowest BCUT2D eigenvalue weighted by Gasteiger charge is -2.17. The Bertz CT molecular complexity index is 941. The first-order valence-electron chi connectivity index (χ1n) is 7.16. The Morgan fingerprint density at radius 1 is 1.46 bits per heavy atom. The van der Waals surface area contributed by atoms with Gasteiger partial charge in [0.25, 0.3) is 0 Å². The third-order valence-corrected chi connectivity index (χ3v) is 4.30. The number of amides is 1. The van der Waals surface area contributed by atoms with Crippen LogP contribution in [0, 0.1) is 12.7 Å². The van der Waals surface area contributed by atoms with E-state index in [0.717, 1.165) is 4.47 Å². The van der Waals surface area contributed by atoms with Crippen molar-refractivity contribution in [2.24, 2.45) is 0 Å². The number of rotatable bonds is 3. The van der Waals surface area contributed by atoms with Crippen molar-refractivity contribution in [1.82, 2.24) is 19.9 Å². The molecular weight excluding hydrogens is 379 g/mol. The lowest BCUT2D eigenvalue weighted by Crippen LogP contribution is -2.25. The van der Waals surface area contributed by atoms with Crippen molar-refractivity contribution >= 4 is 27.5 Å². The first-order valence-corrected chi connectivity index (χ1v) is 7.95. The highest BCUT2D eigenvalue weighted by atomic mass is 79.9. The minimum atomic E-state index is -1.15. The summed E-state index contributed by atoms with van der Waals surface area (Å²) in [5.74, 6) is -0.426. The van der Waals surface area contributed by atoms with Crippen molar-refractivity contribution in [1.29, 1.82) is 0 Å². The third-order valence-electron chi connectivity index (χ3n) is 3.86. The van der Waals surface area contributed by atoms with Crippen LogP contribution in [0.1, 0.15) is 24.1 Å². The topological polar surface area (TPSA) is 79.5 Å². The maximum absolute atomic E-state index is 14.9. The molecule has 0 aliphatic rings. The zero-order chi connectivity index (χ0) is 17.4. The third kappa shape index (κ3) is 2.84. The largest absolute Gasteiger partial charge is 0.465 e. The van der Waals surface area contributed by atoms with E-state index in [2.05, 4.69) is 31.3 Å². The van der Waals surface area contributed by atoms with Gasteiger partial charge in [-0.3, -0.25) is 0 Å². The Morgan fingerprint density at radius 2 is 2.21 bits per heavy atom. The van der Waals surface area contributed by atoms with Gasteiger partial charge in [0.2, 0.25) is 0 Å². The number of nitrogens with zero attached hydrogens (tertiary/aromatic N) is 3. The molecule has 124 valence electrons. The van der Waals surface area contributed by atoms with E-state index in [9.17, 15) is 9.18 Å². The van der Waals surface area contributed by atoms with Gasteiger partial charge in [-0.2, -0.15) is 5.10 Å². The van der Waals surface area contributed by atoms with Gasteiger partial charge in [0.05, 0.1) is 11.6 Å². The van der Waals surface area contributed by atoms with Crippen LogP contribution in [-0.4, -0.2) is 25.8 Å². The monoisotopic (exact) mass is 392 g/mol. The van der Waals surface area contributed by atoms with E-state index in [1.54, 1.807) is 36.7 Å². The quantitative estimate of drug-likeness (QED) is 0.707. The lowest BCUT2D eigenvalue weighted by molar-refractivity contribution is 0.191. The van der Waals surface area contributed by atoms with Crippen LogP contribution in [0.25, 0.3) is 16.8 Å². The van der Waals surface area contributed by atoms with Crippen molar-refractivity contribution < 1.29 is 14.3 Å². The van der Waals surface area contributed by atoms with E-state index >= 15 is 0 Å². The first kappa shape index (κ1) is 16.4. The SMILES string of the molecule is Cc1c(C(C)NC(=O)O)ccc(-c2ncnn3cc(Br)cc23)c1F. The molecule has 0 aliphatic carbocycles. The van der Waals surface area contributed by atoms with E-state index in [4.69, 9.17) is 5.11 Å². The van der Waals surface area contributed by atoms with Gasteiger partial charge in [-0.05, 0) is 53.0 Å². The van der Waals surface area contributed by atoms with Gasteiger partial charge in [0, 0.05) is 16.2 Å². The van der Waals surface area contributed by atoms with Crippen LogP contribution < -0.4 is 5.32 Å². The molecule has 1 aromatic carbocycles. The van der Waals surface area contributed by atoms with Gasteiger partial charge in [-0.25, -0.2) is 18.7 Å². The normalized spacial score (nSPS) is 12.3. The fourth-order valence-corrected chi connectivity index (χ4v) is 3.13. The van der Waals surface area contributed by atoms with Gasteiger partial charge < -0.3 is 10.4 Å². The lowest BCUT2D eigenvalue weighted by atomic mass is 9.97. The van der Waals surface area contributed by atoms with Gasteiger partial charge in [0.15, 0.2) is 0 Å². The summed E-state index contributed by atoms with van der Waals surface area (Å²) in [6.07, 6.45) is 1.98. The molecular formula is C16H14BrFN4O2. The van der Waals surface area contributed by atoms with Crippen molar-refractivity contribution in [3.05, 3.63) is 52.1 Å². The molecule has 0 saturated carbocycles. The summed E-state index contributed by atoms with van der Waals surface area (Å²) in [5.41, 5.74) is 2.46. The summed E-state index contributed by atoms with van der Waals surface area (Å²) < 4.78 is 17.4. The minimum absolute atomic E-state index is 0.344. The molecule has 24 heavy (non-hydrogen) atoms. The van der Waals surface area contributed by atoms with Gasteiger partial charge in [-0.15, -0.1) is 0 Å². The molecule has 0 fully saturated rings. The van der Waals surface area contributed by atoms with Crippen LogP contribution in [0.3, 0.4) is 0 Å². The predicted molar refractivity (Wildman–Crippen MR) is 90.4 cm³/mol. The molecule has 1 amide bonds. The van der Waals surface area contributed by atoms with Crippen LogP contribution in [0.5, 0.6) is 0 Å². The van der Waals surface area contributed by atoms with Crippen molar-refractivity contribution in [3.8, 4) is 11.3 Å². The Hall–Kier alpha value is -2.48. The molecule has 2 heterocycles. The van der Waals surface area contributed by atoms with Crippen molar-refractivity contribution in [2.45, 2.75) is 19.9 Å². The molecule has 1 unspecified atom stereocenters. The standard InChI is InChI=1S/C16H14BrFN4O2/c1-8-11(9(2)21-16(23)24)3-4-12(14(8)18)15-13-5-10(17)6-22(13)20-7-19-15/h3-7,9,21H,1-2H3,(H,23,24). The fraction of sp³-hybridized carbons (Fsp3) is 0.188. The maximum atomic E-state index is 14.9. The van der Waals surface area contributed by atoms with E-state index in [1.165, 1.54) is 6.33 Å². The van der Waals surface area contributed by atoms with E-state index in [1.807, 2.05) is 6.07 Å². The molecule has 0 bridgehead atoms. The molecule has 6 nitrogen and oxygen atoms in total. The molecule has 8 heteroatoms. The molecule has 3 aromatic rings. The summed E-state index contributed by atoms with van der Waals surface area (Å²) in [7, 11) is 0. The van der Waals surface area contributed by atoms with Crippen LogP contribution in [0.15, 0.2) is 35.2 Å². The summed E-state index contributed by atoms with van der Waals surface area (Å²) in [6, 6.07) is 4.62. The van der Waals surface area contributed by atoms with E-state index in [-0.39, 0.29) is 0 Å². The second-order valence-electron chi connectivity index (χ2n) is 5.41. The predicted octanol–water partition coefficient (Wildman–Crippen LogP) is 3.93. The second-order valence-corrected chi connectivity index (χ2v) is 6.32. The van der Waals surface area contributed by atoms with Crippen LogP contribution in [0.4, 0.5) is 9.18 Å². The number of fused-ring (bicyclic) bond motifs is 1. The number of halogens is 2. The van der Waals surface area contributed by atoms with E-state index < -0.39 is 18.0 Å². The number of hydrogen-bond acceptors (Lipinski definition) is 3. The molecule has 0 saturated heterocycles. The molecule has 1 atom stereocenters. The molecule has 0 radical (unpaired) electrons. The summed E-state index contributed by atoms with van der Waals surface area (Å²) in [5, 5.41) is 15.3. The Morgan fingerprint density at radius 3 is 2.92 bits per heavy atom. The van der Waals surface area contributed by atoms with Gasteiger partial charge in [-0.1, -0.05) is 6.07 Å².